The third-order valence-corrected chi connectivity index (χ3v) is 3.73. The van der Waals surface area contributed by atoms with Crippen LogP contribution in [0.5, 0.6) is 11.5 Å². The maximum atomic E-state index is 6.36. The fourth-order valence-corrected chi connectivity index (χ4v) is 2.80. The van der Waals surface area contributed by atoms with Crippen LogP contribution in [0.25, 0.3) is 0 Å². The van der Waals surface area contributed by atoms with E-state index in [-0.39, 0.29) is 6.10 Å². The van der Waals surface area contributed by atoms with Crippen molar-refractivity contribution in [3.05, 3.63) is 22.7 Å². The number of ether oxygens (including phenoxy) is 3. The van der Waals surface area contributed by atoms with Crippen molar-refractivity contribution in [2.24, 2.45) is 0 Å². The van der Waals surface area contributed by atoms with E-state index in [0.29, 0.717) is 29.2 Å². The topological polar surface area (TPSA) is 39.7 Å². The van der Waals surface area contributed by atoms with Crippen molar-refractivity contribution >= 4 is 11.6 Å². The zero-order chi connectivity index (χ0) is 15.9. The molecule has 1 aliphatic heterocycles. The number of hydrogen-bond acceptors (Lipinski definition) is 4. The maximum absolute atomic E-state index is 6.36. The van der Waals surface area contributed by atoms with Crippen LogP contribution in [0.1, 0.15) is 39.2 Å². The van der Waals surface area contributed by atoms with Crippen molar-refractivity contribution in [2.45, 2.75) is 52.4 Å². The molecule has 4 nitrogen and oxygen atoms in total. The van der Waals surface area contributed by atoms with Crippen LogP contribution in [0, 0.1) is 0 Å². The predicted octanol–water partition coefficient (Wildman–Crippen LogP) is 3.79. The van der Waals surface area contributed by atoms with Crippen LogP contribution in [-0.2, 0) is 11.3 Å². The highest BCUT2D eigenvalue weighted by molar-refractivity contribution is 6.32. The van der Waals surface area contributed by atoms with Crippen LogP contribution in [0.3, 0.4) is 0 Å². The summed E-state index contributed by atoms with van der Waals surface area (Å²) in [4.78, 5) is 0. The summed E-state index contributed by atoms with van der Waals surface area (Å²) in [7, 11) is 0. The van der Waals surface area contributed by atoms with Gasteiger partial charge in [0.2, 0.25) is 0 Å². The van der Waals surface area contributed by atoms with Gasteiger partial charge in [-0.3, -0.25) is 0 Å². The molecule has 0 aromatic heterocycles. The predicted molar refractivity (Wildman–Crippen MR) is 89.1 cm³/mol. The minimum absolute atomic E-state index is 0.0557. The van der Waals surface area contributed by atoms with E-state index in [2.05, 4.69) is 5.32 Å². The van der Waals surface area contributed by atoms with Gasteiger partial charge in [0.15, 0.2) is 11.5 Å². The van der Waals surface area contributed by atoms with Gasteiger partial charge in [-0.05, 0) is 51.3 Å². The molecule has 22 heavy (non-hydrogen) atoms. The van der Waals surface area contributed by atoms with E-state index < -0.39 is 0 Å². The summed E-state index contributed by atoms with van der Waals surface area (Å²) in [6.45, 7) is 8.97. The Balaban J connectivity index is 2.01. The molecule has 0 radical (unpaired) electrons. The van der Waals surface area contributed by atoms with E-state index in [1.807, 2.05) is 32.9 Å². The van der Waals surface area contributed by atoms with Gasteiger partial charge in [0.05, 0.1) is 23.8 Å². The van der Waals surface area contributed by atoms with Gasteiger partial charge in [-0.15, -0.1) is 0 Å². The highest BCUT2D eigenvalue weighted by Crippen LogP contribution is 2.37. The molecule has 0 unspecified atom stereocenters. The highest BCUT2D eigenvalue weighted by Gasteiger charge is 2.16. The van der Waals surface area contributed by atoms with E-state index in [0.717, 1.165) is 38.1 Å². The van der Waals surface area contributed by atoms with Crippen LogP contribution < -0.4 is 14.8 Å². The quantitative estimate of drug-likeness (QED) is 0.788. The number of benzene rings is 1. The SMILES string of the molecule is CCOc1cc(CNC[C@@H]2CCCO2)cc(Cl)c1OC(C)C. The number of rotatable bonds is 8. The zero-order valence-corrected chi connectivity index (χ0v) is 14.4. The van der Waals surface area contributed by atoms with Crippen LogP contribution in [0.4, 0.5) is 0 Å². The van der Waals surface area contributed by atoms with Crippen molar-refractivity contribution in [1.82, 2.24) is 5.32 Å². The molecule has 1 aromatic carbocycles. The smallest absolute Gasteiger partial charge is 0.180 e. The second kappa shape index (κ2) is 8.61. The van der Waals surface area contributed by atoms with E-state index in [1.54, 1.807) is 0 Å². The summed E-state index contributed by atoms with van der Waals surface area (Å²) in [5.41, 5.74) is 1.09. The lowest BCUT2D eigenvalue weighted by Gasteiger charge is -2.18. The second-order valence-corrected chi connectivity index (χ2v) is 6.18. The first kappa shape index (κ1) is 17.4. The lowest BCUT2D eigenvalue weighted by atomic mass is 10.2. The van der Waals surface area contributed by atoms with Crippen LogP contribution >= 0.6 is 11.6 Å². The molecule has 2 rings (SSSR count). The van der Waals surface area contributed by atoms with Crippen LogP contribution in [0.15, 0.2) is 12.1 Å². The van der Waals surface area contributed by atoms with Gasteiger partial charge in [0, 0.05) is 19.7 Å². The van der Waals surface area contributed by atoms with Gasteiger partial charge in [0.1, 0.15) is 0 Å². The molecule has 1 atom stereocenters. The number of halogens is 1. The molecule has 1 aliphatic rings. The molecular formula is C17H26ClNO3. The zero-order valence-electron chi connectivity index (χ0n) is 13.7. The summed E-state index contributed by atoms with van der Waals surface area (Å²) >= 11 is 6.36. The first-order chi connectivity index (χ1) is 10.6. The van der Waals surface area contributed by atoms with Gasteiger partial charge in [0.25, 0.3) is 0 Å². The third kappa shape index (κ3) is 5.04. The first-order valence-corrected chi connectivity index (χ1v) is 8.42. The summed E-state index contributed by atoms with van der Waals surface area (Å²) < 4.78 is 17.1. The third-order valence-electron chi connectivity index (χ3n) is 3.45. The molecule has 0 amide bonds. The van der Waals surface area contributed by atoms with E-state index >= 15 is 0 Å². The Morgan fingerprint density at radius 3 is 2.86 bits per heavy atom. The van der Waals surface area contributed by atoms with Crippen molar-refractivity contribution in [3.63, 3.8) is 0 Å². The molecule has 0 saturated carbocycles. The van der Waals surface area contributed by atoms with Gasteiger partial charge in [-0.25, -0.2) is 0 Å². The molecule has 1 heterocycles. The van der Waals surface area contributed by atoms with Crippen molar-refractivity contribution in [1.29, 1.82) is 0 Å². The Kier molecular flexibility index (Phi) is 6.80. The number of hydrogen-bond donors (Lipinski definition) is 1. The minimum Gasteiger partial charge on any atom is -0.490 e. The number of nitrogens with one attached hydrogen (secondary N) is 1. The first-order valence-electron chi connectivity index (χ1n) is 8.04. The van der Waals surface area contributed by atoms with Crippen molar-refractivity contribution in [3.8, 4) is 11.5 Å². The Labute approximate surface area is 138 Å². The normalized spacial score (nSPS) is 18.0. The van der Waals surface area contributed by atoms with Gasteiger partial charge >= 0.3 is 0 Å². The van der Waals surface area contributed by atoms with E-state index in [4.69, 9.17) is 25.8 Å². The molecule has 1 N–H and O–H groups in total. The largest absolute Gasteiger partial charge is 0.490 e. The Hall–Kier alpha value is -0.970. The lowest BCUT2D eigenvalue weighted by Crippen LogP contribution is -2.25. The summed E-state index contributed by atoms with van der Waals surface area (Å²) in [5, 5.41) is 4.01. The Bertz CT molecular complexity index is 473. The van der Waals surface area contributed by atoms with Crippen LogP contribution in [0.2, 0.25) is 5.02 Å². The minimum atomic E-state index is 0.0557. The molecule has 0 spiro atoms. The highest BCUT2D eigenvalue weighted by atomic mass is 35.5. The molecule has 5 heteroatoms. The fourth-order valence-electron chi connectivity index (χ4n) is 2.52. The lowest BCUT2D eigenvalue weighted by molar-refractivity contribution is 0.110. The average Bonchev–Trinajstić information content (AvgIpc) is 2.96. The average molecular weight is 328 g/mol. The monoisotopic (exact) mass is 327 g/mol. The molecular weight excluding hydrogens is 302 g/mol. The summed E-state index contributed by atoms with van der Waals surface area (Å²) in [5.74, 6) is 1.33. The standard InChI is InChI=1S/C17H26ClNO3/c1-4-20-16-9-13(8-15(18)17(16)22-12(2)3)10-19-11-14-6-5-7-21-14/h8-9,12,14,19H,4-7,10-11H2,1-3H3/t14-/m0/s1. The van der Waals surface area contributed by atoms with Crippen LogP contribution in [-0.4, -0.2) is 32.0 Å². The summed E-state index contributed by atoms with van der Waals surface area (Å²) in [6, 6.07) is 3.93. The molecule has 124 valence electrons. The Morgan fingerprint density at radius 2 is 2.23 bits per heavy atom. The van der Waals surface area contributed by atoms with Gasteiger partial charge in [-0.2, -0.15) is 0 Å². The van der Waals surface area contributed by atoms with Gasteiger partial charge in [-0.1, -0.05) is 11.6 Å². The van der Waals surface area contributed by atoms with Crippen molar-refractivity contribution in [2.75, 3.05) is 19.8 Å². The molecule has 1 saturated heterocycles. The van der Waals surface area contributed by atoms with E-state index in [1.165, 1.54) is 0 Å². The molecule has 1 fully saturated rings. The molecule has 0 bridgehead atoms. The maximum Gasteiger partial charge on any atom is 0.180 e. The fraction of sp³-hybridized carbons (Fsp3) is 0.647. The van der Waals surface area contributed by atoms with E-state index in [9.17, 15) is 0 Å². The second-order valence-electron chi connectivity index (χ2n) is 5.77. The summed E-state index contributed by atoms with van der Waals surface area (Å²) in [6.07, 6.45) is 2.69. The molecule has 1 aromatic rings. The Morgan fingerprint density at radius 1 is 1.41 bits per heavy atom. The van der Waals surface area contributed by atoms with Crippen molar-refractivity contribution < 1.29 is 14.2 Å². The molecule has 0 aliphatic carbocycles. The van der Waals surface area contributed by atoms with Gasteiger partial charge < -0.3 is 19.5 Å².